The van der Waals surface area contributed by atoms with E-state index in [1.807, 2.05) is 13.8 Å². The van der Waals surface area contributed by atoms with Crippen molar-refractivity contribution >= 4 is 7.32 Å². The lowest BCUT2D eigenvalue weighted by Gasteiger charge is -2.68. The fourth-order valence-electron chi connectivity index (χ4n) is 3.53. The first-order valence-corrected chi connectivity index (χ1v) is 7.86. The highest BCUT2D eigenvalue weighted by Crippen LogP contribution is 2.65. The molecule has 3 fully saturated rings. The molecule has 0 radical (unpaired) electrons. The molecular weight excluding hydrogens is 271 g/mol. The number of fused-ring (bicyclic) bond motifs is 2. The summed E-state index contributed by atoms with van der Waals surface area (Å²) in [5.74, 6) is 1.16. The minimum absolute atomic E-state index is 0.0885. The summed E-state index contributed by atoms with van der Waals surface area (Å²) in [4.78, 5) is 0. The van der Waals surface area contributed by atoms with Gasteiger partial charge in [-0.05, 0) is 49.9 Å². The van der Waals surface area contributed by atoms with Crippen molar-refractivity contribution in [1.29, 1.82) is 0 Å². The van der Waals surface area contributed by atoms with Crippen molar-refractivity contribution in [2.75, 3.05) is 6.61 Å². The van der Waals surface area contributed by atoms with Crippen LogP contribution in [-0.2, 0) is 4.65 Å². The van der Waals surface area contributed by atoms with E-state index in [-0.39, 0.29) is 5.41 Å². The van der Waals surface area contributed by atoms with Gasteiger partial charge in [-0.1, -0.05) is 27.7 Å². The Bertz CT molecular complexity index is 325. The maximum absolute atomic E-state index is 10.2. The monoisotopic (exact) mass is 302 g/mol. The van der Waals surface area contributed by atoms with Gasteiger partial charge in [0.15, 0.2) is 0 Å². The Balaban J connectivity index is 0.000000222. The SMILES string of the molecule is CC(C)CCOB(O)O.CC1(O)CCC2CC1(O)C2(C)C. The molecule has 0 spiro atoms. The average molecular weight is 302 g/mol. The highest BCUT2D eigenvalue weighted by atomic mass is 16.6. The van der Waals surface area contributed by atoms with Gasteiger partial charge in [-0.2, -0.15) is 0 Å². The lowest BCUT2D eigenvalue weighted by atomic mass is 9.41. The second-order valence-corrected chi connectivity index (χ2v) is 7.68. The molecule has 6 heteroatoms. The number of hydrogen-bond acceptors (Lipinski definition) is 5. The quantitative estimate of drug-likeness (QED) is 0.588. The molecule has 3 rings (SSSR count). The molecule has 4 N–H and O–H groups in total. The van der Waals surface area contributed by atoms with E-state index in [1.165, 1.54) is 0 Å². The van der Waals surface area contributed by atoms with Crippen molar-refractivity contribution in [1.82, 2.24) is 0 Å². The van der Waals surface area contributed by atoms with Crippen molar-refractivity contribution in [3.8, 4) is 0 Å². The summed E-state index contributed by atoms with van der Waals surface area (Å²) >= 11 is 0. The van der Waals surface area contributed by atoms with E-state index in [4.69, 9.17) is 10.0 Å². The van der Waals surface area contributed by atoms with Crippen LogP contribution >= 0.6 is 0 Å². The number of aliphatic hydroxyl groups is 2. The van der Waals surface area contributed by atoms with E-state index in [1.54, 1.807) is 6.92 Å². The van der Waals surface area contributed by atoms with Crippen LogP contribution in [0.4, 0.5) is 0 Å². The van der Waals surface area contributed by atoms with Crippen molar-refractivity contribution in [3.63, 3.8) is 0 Å². The van der Waals surface area contributed by atoms with E-state index in [0.717, 1.165) is 25.7 Å². The van der Waals surface area contributed by atoms with E-state index in [0.29, 0.717) is 18.4 Å². The van der Waals surface area contributed by atoms with Gasteiger partial charge in [-0.3, -0.25) is 0 Å². The van der Waals surface area contributed by atoms with Crippen LogP contribution in [-0.4, -0.2) is 45.4 Å². The second kappa shape index (κ2) is 6.55. The predicted octanol–water partition coefficient (Wildman–Crippen LogP) is 1.33. The predicted molar refractivity (Wildman–Crippen MR) is 82.3 cm³/mol. The molecular formula is C15H31BO5. The summed E-state index contributed by atoms with van der Waals surface area (Å²) in [6, 6.07) is 0. The molecule has 2 bridgehead atoms. The fraction of sp³-hybridized carbons (Fsp3) is 1.00. The molecule has 0 aromatic carbocycles. The molecule has 3 aliphatic rings. The summed E-state index contributed by atoms with van der Waals surface area (Å²) in [5, 5.41) is 36.7. The Morgan fingerprint density at radius 1 is 1.19 bits per heavy atom. The summed E-state index contributed by atoms with van der Waals surface area (Å²) in [6.45, 7) is 10.4. The lowest BCUT2D eigenvalue weighted by molar-refractivity contribution is -0.312. The van der Waals surface area contributed by atoms with Crippen LogP contribution < -0.4 is 0 Å². The molecule has 0 amide bonds. The first kappa shape index (κ1) is 18.9. The largest absolute Gasteiger partial charge is 0.633 e. The molecule has 0 aromatic heterocycles. The van der Waals surface area contributed by atoms with Crippen LogP contribution in [0.2, 0.25) is 0 Å². The zero-order valence-electron chi connectivity index (χ0n) is 14.0. The molecule has 124 valence electrons. The van der Waals surface area contributed by atoms with E-state index < -0.39 is 18.5 Å². The molecule has 3 atom stereocenters. The molecule has 0 aromatic rings. The molecule has 0 aliphatic heterocycles. The Labute approximate surface area is 128 Å². The Morgan fingerprint density at radius 2 is 1.76 bits per heavy atom. The van der Waals surface area contributed by atoms with Gasteiger partial charge in [0.1, 0.15) is 0 Å². The van der Waals surface area contributed by atoms with Crippen molar-refractivity contribution in [2.24, 2.45) is 17.3 Å². The molecule has 0 heterocycles. The highest BCUT2D eigenvalue weighted by Gasteiger charge is 2.69. The first-order chi connectivity index (χ1) is 9.44. The third kappa shape index (κ3) is 3.80. The summed E-state index contributed by atoms with van der Waals surface area (Å²) in [6.07, 6.45) is 3.45. The van der Waals surface area contributed by atoms with Crippen LogP contribution in [0.25, 0.3) is 0 Å². The molecule has 21 heavy (non-hydrogen) atoms. The number of hydrogen-bond donors (Lipinski definition) is 4. The Kier molecular flexibility index (Phi) is 5.89. The van der Waals surface area contributed by atoms with Gasteiger partial charge >= 0.3 is 7.32 Å². The molecule has 3 aliphatic carbocycles. The normalized spacial score (nSPS) is 36.6. The minimum atomic E-state index is -1.61. The van der Waals surface area contributed by atoms with Crippen LogP contribution in [0.15, 0.2) is 0 Å². The highest BCUT2D eigenvalue weighted by molar-refractivity contribution is 6.32. The van der Waals surface area contributed by atoms with Crippen LogP contribution in [0, 0.1) is 17.3 Å². The Hall–Kier alpha value is -0.135. The van der Waals surface area contributed by atoms with Crippen LogP contribution in [0.1, 0.15) is 60.3 Å². The van der Waals surface area contributed by atoms with Gasteiger partial charge in [0.05, 0.1) is 11.2 Å². The Morgan fingerprint density at radius 3 is 2.10 bits per heavy atom. The van der Waals surface area contributed by atoms with E-state index in [9.17, 15) is 10.2 Å². The summed E-state index contributed by atoms with van der Waals surface area (Å²) in [7, 11) is -1.61. The minimum Gasteiger partial charge on any atom is -0.402 e. The van der Waals surface area contributed by atoms with E-state index in [2.05, 4.69) is 18.5 Å². The maximum Gasteiger partial charge on any atom is 0.633 e. The lowest BCUT2D eigenvalue weighted by Crippen LogP contribution is -2.74. The van der Waals surface area contributed by atoms with Gasteiger partial charge in [0.25, 0.3) is 0 Å². The molecule has 5 nitrogen and oxygen atoms in total. The third-order valence-electron chi connectivity index (χ3n) is 5.46. The van der Waals surface area contributed by atoms with Crippen molar-refractivity contribution in [3.05, 3.63) is 0 Å². The smallest absolute Gasteiger partial charge is 0.402 e. The van der Waals surface area contributed by atoms with E-state index >= 15 is 0 Å². The van der Waals surface area contributed by atoms with Crippen molar-refractivity contribution in [2.45, 2.75) is 71.5 Å². The number of rotatable bonds is 4. The van der Waals surface area contributed by atoms with Gasteiger partial charge in [-0.25, -0.2) is 0 Å². The zero-order valence-corrected chi connectivity index (χ0v) is 14.0. The molecule has 0 saturated heterocycles. The average Bonchev–Trinajstić information content (AvgIpc) is 2.32. The van der Waals surface area contributed by atoms with Crippen molar-refractivity contribution < 1.29 is 24.9 Å². The van der Waals surface area contributed by atoms with Crippen LogP contribution in [0.5, 0.6) is 0 Å². The standard InChI is InChI=1S/C10H18O2.C5H13BO3/c1-8(2)7-4-5-9(3,11)10(8,12)6-7;1-5(2)3-4-9-6(7)8/h7,11-12H,4-6H2,1-3H3;5,7-8H,3-4H2,1-2H3. The van der Waals surface area contributed by atoms with Gasteiger partial charge in [0.2, 0.25) is 0 Å². The van der Waals surface area contributed by atoms with Crippen LogP contribution in [0.3, 0.4) is 0 Å². The third-order valence-corrected chi connectivity index (χ3v) is 5.46. The van der Waals surface area contributed by atoms with Gasteiger partial charge in [-0.15, -0.1) is 0 Å². The second-order valence-electron chi connectivity index (χ2n) is 7.68. The molecule has 3 saturated carbocycles. The summed E-state index contributed by atoms with van der Waals surface area (Å²) in [5.41, 5.74) is -1.79. The first-order valence-electron chi connectivity index (χ1n) is 7.86. The van der Waals surface area contributed by atoms with Gasteiger partial charge in [0, 0.05) is 6.61 Å². The zero-order chi connectivity index (χ0) is 16.5. The topological polar surface area (TPSA) is 90.2 Å². The summed E-state index contributed by atoms with van der Waals surface area (Å²) < 4.78 is 4.46. The molecule has 3 unspecified atom stereocenters. The maximum atomic E-state index is 10.2. The van der Waals surface area contributed by atoms with Gasteiger partial charge < -0.3 is 24.9 Å². The fourth-order valence-corrected chi connectivity index (χ4v) is 3.53.